The lowest BCUT2D eigenvalue weighted by Gasteiger charge is -2.05. The molecule has 0 unspecified atom stereocenters. The van der Waals surface area contributed by atoms with Crippen molar-refractivity contribution in [2.75, 3.05) is 20.0 Å². The molecule has 1 aromatic rings. The Balaban J connectivity index is 1.81. The summed E-state index contributed by atoms with van der Waals surface area (Å²) < 4.78 is 20.4. The van der Waals surface area contributed by atoms with E-state index in [0.29, 0.717) is 19.0 Å². The predicted molar refractivity (Wildman–Crippen MR) is 58.9 cm³/mol. The van der Waals surface area contributed by atoms with E-state index in [9.17, 15) is 4.79 Å². The molecule has 1 aliphatic heterocycles. The van der Waals surface area contributed by atoms with Crippen molar-refractivity contribution in [3.8, 4) is 11.5 Å². The fourth-order valence-corrected chi connectivity index (χ4v) is 1.49. The number of fused-ring (bicyclic) bond motifs is 1. The third kappa shape index (κ3) is 3.10. The van der Waals surface area contributed by atoms with Gasteiger partial charge in [0.25, 0.3) is 0 Å². The number of carbonyl (C=O) groups excluding carboxylic acids is 1. The zero-order valence-corrected chi connectivity index (χ0v) is 9.60. The van der Waals surface area contributed by atoms with Crippen molar-refractivity contribution >= 4 is 5.97 Å². The van der Waals surface area contributed by atoms with Crippen LogP contribution in [0, 0.1) is 0 Å². The first-order chi connectivity index (χ1) is 8.29. The van der Waals surface area contributed by atoms with E-state index >= 15 is 0 Å². The minimum absolute atomic E-state index is 0.0394. The van der Waals surface area contributed by atoms with Crippen molar-refractivity contribution in [1.29, 1.82) is 0 Å². The lowest BCUT2D eigenvalue weighted by Crippen LogP contribution is -2.12. The summed E-state index contributed by atoms with van der Waals surface area (Å²) in [6.45, 7) is 2.68. The summed E-state index contributed by atoms with van der Waals surface area (Å²) in [6, 6.07) is 5.54. The van der Waals surface area contributed by atoms with Crippen molar-refractivity contribution < 1.29 is 23.7 Å². The number of ether oxygens (including phenoxy) is 4. The Morgan fingerprint density at radius 1 is 1.35 bits per heavy atom. The Morgan fingerprint density at radius 2 is 2.18 bits per heavy atom. The third-order valence-electron chi connectivity index (χ3n) is 2.23. The molecule has 0 saturated heterocycles. The quantitative estimate of drug-likeness (QED) is 0.727. The van der Waals surface area contributed by atoms with Gasteiger partial charge in [-0.25, -0.2) is 4.79 Å². The summed E-state index contributed by atoms with van der Waals surface area (Å²) in [6.07, 6.45) is 0. The normalized spacial score (nSPS) is 12.5. The third-order valence-corrected chi connectivity index (χ3v) is 2.23. The topological polar surface area (TPSA) is 54.0 Å². The maximum absolute atomic E-state index is 11.0. The van der Waals surface area contributed by atoms with Crippen LogP contribution in [-0.2, 0) is 20.9 Å². The molecule has 0 radical (unpaired) electrons. The van der Waals surface area contributed by atoms with Crippen LogP contribution in [-0.4, -0.2) is 26.0 Å². The largest absolute Gasteiger partial charge is 0.464 e. The molecular formula is C12H14O5. The van der Waals surface area contributed by atoms with Gasteiger partial charge in [-0.05, 0) is 24.6 Å². The summed E-state index contributed by atoms with van der Waals surface area (Å²) in [5.74, 6) is 1.09. The number of hydrogen-bond acceptors (Lipinski definition) is 5. The van der Waals surface area contributed by atoms with E-state index in [2.05, 4.69) is 0 Å². The molecule has 0 amide bonds. The highest BCUT2D eigenvalue weighted by atomic mass is 16.7. The van der Waals surface area contributed by atoms with Crippen LogP contribution in [0.4, 0.5) is 0 Å². The number of carbonyl (C=O) groups is 1. The van der Waals surface area contributed by atoms with Crippen LogP contribution in [0.25, 0.3) is 0 Å². The fraction of sp³-hybridized carbons (Fsp3) is 0.417. The molecule has 0 saturated carbocycles. The summed E-state index contributed by atoms with van der Waals surface area (Å²) in [4.78, 5) is 11.0. The fourth-order valence-electron chi connectivity index (χ4n) is 1.49. The van der Waals surface area contributed by atoms with Crippen LogP contribution in [0.5, 0.6) is 11.5 Å². The van der Waals surface area contributed by atoms with Crippen LogP contribution in [0.1, 0.15) is 12.5 Å². The van der Waals surface area contributed by atoms with Crippen LogP contribution in [0.3, 0.4) is 0 Å². The smallest absolute Gasteiger partial charge is 0.332 e. The van der Waals surface area contributed by atoms with E-state index in [0.717, 1.165) is 11.3 Å². The monoisotopic (exact) mass is 238 g/mol. The first-order valence-electron chi connectivity index (χ1n) is 5.41. The van der Waals surface area contributed by atoms with Gasteiger partial charge in [-0.2, -0.15) is 0 Å². The molecule has 5 heteroatoms. The van der Waals surface area contributed by atoms with E-state index < -0.39 is 0 Å². The number of rotatable bonds is 5. The molecule has 0 fully saturated rings. The second kappa shape index (κ2) is 5.54. The second-order valence-corrected chi connectivity index (χ2v) is 3.49. The molecule has 0 spiro atoms. The van der Waals surface area contributed by atoms with E-state index in [1.54, 1.807) is 6.92 Å². The molecule has 92 valence electrons. The van der Waals surface area contributed by atoms with E-state index in [1.165, 1.54) is 0 Å². The average Bonchev–Trinajstić information content (AvgIpc) is 2.76. The minimum Gasteiger partial charge on any atom is -0.464 e. The Kier molecular flexibility index (Phi) is 3.82. The summed E-state index contributed by atoms with van der Waals surface area (Å²) >= 11 is 0. The Hall–Kier alpha value is -1.75. The zero-order chi connectivity index (χ0) is 12.1. The first kappa shape index (κ1) is 11.7. The van der Waals surface area contributed by atoms with E-state index in [1.807, 2.05) is 18.2 Å². The molecular weight excluding hydrogens is 224 g/mol. The average molecular weight is 238 g/mol. The van der Waals surface area contributed by atoms with Gasteiger partial charge in [-0.15, -0.1) is 0 Å². The number of hydrogen-bond donors (Lipinski definition) is 0. The van der Waals surface area contributed by atoms with Crippen LogP contribution >= 0.6 is 0 Å². The molecule has 5 nitrogen and oxygen atoms in total. The van der Waals surface area contributed by atoms with Crippen molar-refractivity contribution in [3.05, 3.63) is 23.8 Å². The molecule has 17 heavy (non-hydrogen) atoms. The van der Waals surface area contributed by atoms with Crippen molar-refractivity contribution in [1.82, 2.24) is 0 Å². The highest BCUT2D eigenvalue weighted by Crippen LogP contribution is 2.32. The zero-order valence-electron chi connectivity index (χ0n) is 9.60. The molecule has 0 aromatic heterocycles. The molecule has 0 N–H and O–H groups in total. The molecule has 0 aliphatic carbocycles. The highest BCUT2D eigenvalue weighted by Gasteiger charge is 2.13. The van der Waals surface area contributed by atoms with Gasteiger partial charge in [-0.1, -0.05) is 6.07 Å². The Labute approximate surface area is 99.2 Å². The molecule has 0 bridgehead atoms. The van der Waals surface area contributed by atoms with Gasteiger partial charge in [0.15, 0.2) is 11.5 Å². The van der Waals surface area contributed by atoms with Crippen LogP contribution in [0.15, 0.2) is 18.2 Å². The Bertz CT molecular complexity index is 402. The van der Waals surface area contributed by atoms with Crippen molar-refractivity contribution in [2.45, 2.75) is 13.5 Å². The highest BCUT2D eigenvalue weighted by molar-refractivity contribution is 5.70. The van der Waals surface area contributed by atoms with Gasteiger partial charge in [0.1, 0.15) is 6.61 Å². The molecule has 1 aliphatic rings. The van der Waals surface area contributed by atoms with Crippen LogP contribution < -0.4 is 9.47 Å². The van der Waals surface area contributed by atoms with Gasteiger partial charge >= 0.3 is 5.97 Å². The van der Waals surface area contributed by atoms with Crippen molar-refractivity contribution in [2.24, 2.45) is 0 Å². The number of esters is 1. The van der Waals surface area contributed by atoms with Gasteiger partial charge in [-0.3, -0.25) is 0 Å². The predicted octanol–water partition coefficient (Wildman–Crippen LogP) is 1.50. The van der Waals surface area contributed by atoms with E-state index in [-0.39, 0.29) is 19.4 Å². The van der Waals surface area contributed by atoms with E-state index in [4.69, 9.17) is 18.9 Å². The van der Waals surface area contributed by atoms with Crippen LogP contribution in [0.2, 0.25) is 0 Å². The van der Waals surface area contributed by atoms with Gasteiger partial charge in [0.05, 0.1) is 13.2 Å². The summed E-state index contributed by atoms with van der Waals surface area (Å²) in [5.41, 5.74) is 0.929. The Morgan fingerprint density at radius 3 is 3.00 bits per heavy atom. The molecule has 0 atom stereocenters. The van der Waals surface area contributed by atoms with Crippen molar-refractivity contribution in [3.63, 3.8) is 0 Å². The van der Waals surface area contributed by atoms with Gasteiger partial charge < -0.3 is 18.9 Å². The maximum atomic E-state index is 11.0. The second-order valence-electron chi connectivity index (χ2n) is 3.49. The maximum Gasteiger partial charge on any atom is 0.332 e. The standard InChI is InChI=1S/C12H14O5/c1-2-15-12(13)7-14-6-9-3-4-10-11(5-9)17-8-16-10/h3-5H,2,6-8H2,1H3. The minimum atomic E-state index is -0.353. The number of benzene rings is 1. The lowest BCUT2D eigenvalue weighted by molar-refractivity contribution is -0.148. The molecule has 2 rings (SSSR count). The lowest BCUT2D eigenvalue weighted by atomic mass is 10.2. The van der Waals surface area contributed by atoms with Gasteiger partial charge in [0, 0.05) is 0 Å². The summed E-state index contributed by atoms with van der Waals surface area (Å²) in [7, 11) is 0. The molecule has 1 aromatic carbocycles. The summed E-state index contributed by atoms with van der Waals surface area (Å²) in [5, 5.41) is 0. The molecule has 1 heterocycles. The SMILES string of the molecule is CCOC(=O)COCc1ccc2c(c1)OCO2. The van der Waals surface area contributed by atoms with Gasteiger partial charge in [0.2, 0.25) is 6.79 Å². The first-order valence-corrected chi connectivity index (χ1v) is 5.41.